The monoisotopic (exact) mass is 730 g/mol. The lowest BCUT2D eigenvalue weighted by Gasteiger charge is -2.35. The zero-order valence-electron chi connectivity index (χ0n) is 35.0. The molecule has 2 aliphatic rings. The van der Waals surface area contributed by atoms with Crippen LogP contribution in [0.4, 0.5) is 0 Å². The van der Waals surface area contributed by atoms with Gasteiger partial charge in [-0.1, -0.05) is 126 Å². The van der Waals surface area contributed by atoms with Crippen LogP contribution in [-0.4, -0.2) is 15.8 Å². The van der Waals surface area contributed by atoms with E-state index in [4.69, 9.17) is 4.42 Å². The van der Waals surface area contributed by atoms with Crippen LogP contribution < -0.4 is 16.4 Å². The van der Waals surface area contributed by atoms with Gasteiger partial charge in [-0.05, 0) is 103 Å². The van der Waals surface area contributed by atoms with Crippen molar-refractivity contribution >= 4 is 88.7 Å². The summed E-state index contributed by atoms with van der Waals surface area (Å²) in [4.78, 5) is 0. The summed E-state index contributed by atoms with van der Waals surface area (Å²) in [7, 11) is 0. The molecule has 2 aliphatic heterocycles. The molecule has 4 heteroatoms. The lowest BCUT2D eigenvalue weighted by molar-refractivity contribution is 0.590. The summed E-state index contributed by atoms with van der Waals surface area (Å²) in [5, 5.41) is 7.70. The van der Waals surface area contributed by atoms with Crippen LogP contribution in [0.1, 0.15) is 105 Å². The average Bonchev–Trinajstić information content (AvgIpc) is 3.77. The number of benzene rings is 6. The highest BCUT2D eigenvalue weighted by Gasteiger charge is 2.44. The molecule has 11 rings (SSSR count). The Kier molecular flexibility index (Phi) is 6.32. The predicted molar refractivity (Wildman–Crippen MR) is 242 cm³/mol. The maximum atomic E-state index is 6.89. The Hall–Kier alpha value is -5.22. The van der Waals surface area contributed by atoms with Crippen LogP contribution in [0.25, 0.3) is 76.9 Å². The fourth-order valence-electron chi connectivity index (χ4n) is 10.1. The first kappa shape index (κ1) is 34.1. The SMILES string of the molecule is CC(C)(C)c1ccc2c(c1)c1cc(C(C)(C)C)cc3c1n2-c1cc2oc4ccccc4c2c2c1B3c1cc(C(C)(C)C)cc3c4cc(C(C)(C)C)ccc4n-2c13. The van der Waals surface area contributed by atoms with Crippen LogP contribution in [0.2, 0.25) is 0 Å². The molecule has 0 saturated heterocycles. The van der Waals surface area contributed by atoms with Crippen molar-refractivity contribution in [3.05, 3.63) is 113 Å². The minimum absolute atomic E-state index is 0.0221. The van der Waals surface area contributed by atoms with E-state index in [-0.39, 0.29) is 28.4 Å². The maximum absolute atomic E-state index is 6.89. The first-order chi connectivity index (χ1) is 26.3. The molecule has 278 valence electrons. The van der Waals surface area contributed by atoms with Crippen molar-refractivity contribution in [1.29, 1.82) is 0 Å². The zero-order chi connectivity index (χ0) is 39.2. The molecule has 0 radical (unpaired) electrons. The molecule has 0 bridgehead atoms. The number of hydrogen-bond donors (Lipinski definition) is 0. The Morgan fingerprint density at radius 1 is 0.446 bits per heavy atom. The van der Waals surface area contributed by atoms with Crippen molar-refractivity contribution in [2.24, 2.45) is 0 Å². The molecule has 3 aromatic heterocycles. The lowest BCUT2D eigenvalue weighted by Crippen LogP contribution is -2.59. The van der Waals surface area contributed by atoms with Gasteiger partial charge in [0.15, 0.2) is 0 Å². The summed E-state index contributed by atoms with van der Waals surface area (Å²) in [6, 6.07) is 35.6. The Labute approximate surface area is 330 Å². The van der Waals surface area contributed by atoms with Gasteiger partial charge in [0.25, 0.3) is 6.71 Å². The van der Waals surface area contributed by atoms with Crippen LogP contribution >= 0.6 is 0 Å². The van der Waals surface area contributed by atoms with Gasteiger partial charge in [-0.25, -0.2) is 0 Å². The van der Waals surface area contributed by atoms with Gasteiger partial charge in [0.05, 0.1) is 22.1 Å². The molecule has 9 aromatic rings. The Morgan fingerprint density at radius 3 is 1.46 bits per heavy atom. The molecule has 0 spiro atoms. The van der Waals surface area contributed by atoms with Gasteiger partial charge in [-0.2, -0.15) is 0 Å². The second-order valence-corrected chi connectivity index (χ2v) is 21.1. The van der Waals surface area contributed by atoms with Gasteiger partial charge < -0.3 is 13.6 Å². The van der Waals surface area contributed by atoms with E-state index in [9.17, 15) is 0 Å². The summed E-state index contributed by atoms with van der Waals surface area (Å²) in [6.45, 7) is 28.2. The highest BCUT2D eigenvalue weighted by atomic mass is 16.3. The maximum Gasteiger partial charge on any atom is 0.252 e. The molecule has 0 fully saturated rings. The van der Waals surface area contributed by atoms with Crippen LogP contribution in [-0.2, 0) is 21.7 Å². The molecular formula is C52H51BN2O. The summed E-state index contributed by atoms with van der Waals surface area (Å²) in [5.74, 6) is 0. The smallest absolute Gasteiger partial charge is 0.252 e. The van der Waals surface area contributed by atoms with Gasteiger partial charge in [0.2, 0.25) is 0 Å². The molecule has 5 heterocycles. The second kappa shape index (κ2) is 10.4. The Morgan fingerprint density at radius 2 is 0.929 bits per heavy atom. The lowest BCUT2D eigenvalue weighted by atomic mass is 9.33. The van der Waals surface area contributed by atoms with E-state index in [1.807, 2.05) is 0 Å². The van der Waals surface area contributed by atoms with Gasteiger partial charge in [0.1, 0.15) is 11.2 Å². The van der Waals surface area contributed by atoms with Crippen molar-refractivity contribution < 1.29 is 4.42 Å². The third-order valence-corrected chi connectivity index (χ3v) is 13.3. The fourth-order valence-corrected chi connectivity index (χ4v) is 10.1. The third kappa shape index (κ3) is 4.36. The number of aromatic nitrogens is 2. The number of hydrogen-bond acceptors (Lipinski definition) is 1. The van der Waals surface area contributed by atoms with Crippen molar-refractivity contribution in [2.45, 2.75) is 105 Å². The van der Waals surface area contributed by atoms with E-state index in [1.54, 1.807) is 0 Å². The van der Waals surface area contributed by atoms with Crippen molar-refractivity contribution in [2.75, 3.05) is 0 Å². The number of fused-ring (bicyclic) bond motifs is 14. The molecule has 0 N–H and O–H groups in total. The van der Waals surface area contributed by atoms with Crippen molar-refractivity contribution in [1.82, 2.24) is 9.13 Å². The number of nitrogens with zero attached hydrogens (tertiary/aromatic N) is 2. The zero-order valence-corrected chi connectivity index (χ0v) is 35.0. The Bertz CT molecular complexity index is 3230. The molecule has 56 heavy (non-hydrogen) atoms. The first-order valence-electron chi connectivity index (χ1n) is 20.6. The summed E-state index contributed by atoms with van der Waals surface area (Å²) in [6.07, 6.45) is 0. The quantitative estimate of drug-likeness (QED) is 0.143. The standard InChI is InChI=1S/C52H51BN2O/c1-49(2,3)28-17-19-39-33(21-28)35-23-30(51(7,8)9)25-37-46(35)54(39)41-27-43-44(32-15-13-14-16-42(32)56-43)48-45(41)53(37)38-26-31(52(10,11)12)24-36-34-22-29(50(4,5)6)18-20-40(34)55(48)47(36)38/h13-27H,1-12H3. The molecule has 0 atom stereocenters. The predicted octanol–water partition coefficient (Wildman–Crippen LogP) is 12.1. The molecule has 0 saturated carbocycles. The van der Waals surface area contributed by atoms with Crippen LogP contribution in [0.5, 0.6) is 0 Å². The summed E-state index contributed by atoms with van der Waals surface area (Å²) >= 11 is 0. The van der Waals surface area contributed by atoms with Crippen LogP contribution in [0, 0.1) is 0 Å². The van der Waals surface area contributed by atoms with Crippen LogP contribution in [0.3, 0.4) is 0 Å². The van der Waals surface area contributed by atoms with Crippen molar-refractivity contribution in [3.63, 3.8) is 0 Å². The topological polar surface area (TPSA) is 23.0 Å². The highest BCUT2D eigenvalue weighted by molar-refractivity contribution is 7.00. The molecule has 3 nitrogen and oxygen atoms in total. The number of furan rings is 1. The average molecular weight is 731 g/mol. The van der Waals surface area contributed by atoms with E-state index < -0.39 is 0 Å². The molecule has 0 unspecified atom stereocenters. The van der Waals surface area contributed by atoms with Gasteiger partial charge in [0, 0.05) is 49.7 Å². The molecule has 0 amide bonds. The van der Waals surface area contributed by atoms with E-state index in [2.05, 4.69) is 183 Å². The largest absolute Gasteiger partial charge is 0.456 e. The first-order valence-corrected chi connectivity index (χ1v) is 20.6. The summed E-state index contributed by atoms with van der Waals surface area (Å²) < 4.78 is 12.1. The number of para-hydroxylation sites is 1. The molecular weight excluding hydrogens is 679 g/mol. The van der Waals surface area contributed by atoms with Gasteiger partial charge in [-0.3, -0.25) is 0 Å². The fraction of sp³-hybridized carbons (Fsp3) is 0.308. The van der Waals surface area contributed by atoms with E-state index in [0.717, 1.165) is 11.2 Å². The van der Waals surface area contributed by atoms with Crippen LogP contribution in [0.15, 0.2) is 95.4 Å². The summed E-state index contributed by atoms with van der Waals surface area (Å²) in [5.41, 5.74) is 19.1. The normalized spacial score (nSPS) is 14.4. The Balaban J connectivity index is 1.43. The minimum atomic E-state index is -0.0376. The number of rotatable bonds is 0. The van der Waals surface area contributed by atoms with E-state index >= 15 is 0 Å². The molecule has 0 aliphatic carbocycles. The second-order valence-electron chi connectivity index (χ2n) is 21.1. The van der Waals surface area contributed by atoms with Crippen molar-refractivity contribution in [3.8, 4) is 11.4 Å². The molecule has 6 aromatic carbocycles. The highest BCUT2D eigenvalue weighted by Crippen LogP contribution is 2.46. The van der Waals surface area contributed by atoms with E-state index in [0.29, 0.717) is 0 Å². The third-order valence-electron chi connectivity index (χ3n) is 13.3. The van der Waals surface area contributed by atoms with Gasteiger partial charge >= 0.3 is 0 Å². The van der Waals surface area contributed by atoms with Gasteiger partial charge in [-0.15, -0.1) is 0 Å². The minimum Gasteiger partial charge on any atom is -0.456 e. The van der Waals surface area contributed by atoms with E-state index in [1.165, 1.54) is 104 Å².